The Labute approximate surface area is 135 Å². The van der Waals surface area contributed by atoms with Crippen LogP contribution < -0.4 is 0 Å². The summed E-state index contributed by atoms with van der Waals surface area (Å²) in [7, 11) is 4.58. The number of likely N-dealkylation sites (N-methyl/N-ethyl adjacent to an activating group) is 2. The normalized spacial score (nSPS) is 24.1. The number of hydrogen-bond acceptors (Lipinski definition) is 3. The minimum Gasteiger partial charge on any atom is -0.370 e. The van der Waals surface area contributed by atoms with Crippen molar-refractivity contribution in [3.8, 4) is 0 Å². The van der Waals surface area contributed by atoms with Gasteiger partial charge in [-0.2, -0.15) is 0 Å². The molecule has 0 unspecified atom stereocenters. The monoisotopic (exact) mass is 314 g/mol. The average molecular weight is 314 g/mol. The third-order valence-corrected chi connectivity index (χ3v) is 5.41. The van der Waals surface area contributed by atoms with Crippen molar-refractivity contribution in [1.29, 1.82) is 0 Å². The molecule has 2 heterocycles. The first-order chi connectivity index (χ1) is 10.5. The van der Waals surface area contributed by atoms with Gasteiger partial charge in [-0.3, -0.25) is 4.79 Å². The summed E-state index contributed by atoms with van der Waals surface area (Å²) >= 11 is 0. The molecule has 128 valence electrons. The Bertz CT molecular complexity index is 316. The highest BCUT2D eigenvalue weighted by Gasteiger charge is 2.26. The summed E-state index contributed by atoms with van der Waals surface area (Å²) in [5.74, 6) is 0.444. The van der Waals surface area contributed by atoms with Gasteiger partial charge in [-0.15, -0.1) is 0 Å². The highest BCUT2D eigenvalue weighted by Crippen LogP contribution is 2.13. The molecule has 0 spiro atoms. The summed E-state index contributed by atoms with van der Waals surface area (Å²) in [6.45, 7) is 10.0. The highest BCUT2D eigenvalue weighted by atomic mass is 16.5. The van der Waals surface area contributed by atoms with Crippen LogP contribution in [-0.4, -0.2) is 94.5 Å². The van der Waals surface area contributed by atoms with Gasteiger partial charge in [0.25, 0.3) is 0 Å². The molecule has 2 aliphatic rings. The summed E-state index contributed by atoms with van der Waals surface area (Å²) in [5.41, 5.74) is 0. The Morgan fingerprint density at radius 2 is 1.14 bits per heavy atom. The summed E-state index contributed by atoms with van der Waals surface area (Å²) < 4.78 is 13.0. The molecular formula is C17H34N2O3+2. The molecule has 5 nitrogen and oxygen atoms in total. The molecule has 0 aromatic rings. The zero-order valence-electron chi connectivity index (χ0n) is 14.5. The maximum atomic E-state index is 12.1. The molecule has 5 heteroatoms. The van der Waals surface area contributed by atoms with E-state index in [0.717, 1.165) is 100 Å². The van der Waals surface area contributed by atoms with Gasteiger partial charge in [0.15, 0.2) is 0 Å². The third-order valence-electron chi connectivity index (χ3n) is 5.41. The number of carbonyl (C=O) groups is 1. The minimum absolute atomic E-state index is 0.444. The lowest BCUT2D eigenvalue weighted by atomic mass is 10.1. The zero-order chi connectivity index (χ0) is 15.9. The fourth-order valence-corrected chi connectivity index (χ4v) is 3.46. The van der Waals surface area contributed by atoms with E-state index in [4.69, 9.17) is 9.47 Å². The van der Waals surface area contributed by atoms with Crippen LogP contribution in [0.15, 0.2) is 0 Å². The predicted molar refractivity (Wildman–Crippen MR) is 86.7 cm³/mol. The van der Waals surface area contributed by atoms with Crippen LogP contribution >= 0.6 is 0 Å². The fraction of sp³-hybridized carbons (Fsp3) is 0.941. The maximum absolute atomic E-state index is 12.1. The molecule has 0 aromatic heterocycles. The fourth-order valence-electron chi connectivity index (χ4n) is 3.46. The molecule has 0 N–H and O–H groups in total. The molecule has 2 saturated heterocycles. The van der Waals surface area contributed by atoms with Crippen molar-refractivity contribution in [2.24, 2.45) is 0 Å². The number of carbonyl (C=O) groups excluding carboxylic acids is 1. The smallest absolute Gasteiger partial charge is 0.133 e. The first-order valence-corrected chi connectivity index (χ1v) is 8.86. The second-order valence-corrected chi connectivity index (χ2v) is 7.55. The van der Waals surface area contributed by atoms with Crippen LogP contribution in [0.3, 0.4) is 0 Å². The number of hydrogen-bond donors (Lipinski definition) is 0. The molecule has 2 fully saturated rings. The van der Waals surface area contributed by atoms with Crippen molar-refractivity contribution >= 4 is 5.78 Å². The van der Waals surface area contributed by atoms with Crippen LogP contribution in [0.4, 0.5) is 0 Å². The number of quaternary nitrogens is 2. The average Bonchev–Trinajstić information content (AvgIpc) is 2.48. The van der Waals surface area contributed by atoms with Crippen molar-refractivity contribution in [2.75, 3.05) is 79.8 Å². The summed E-state index contributed by atoms with van der Waals surface area (Å²) in [4.78, 5) is 12.1. The SMILES string of the molecule is C[N+]1(CCCC(=O)CCC[N+]2(C)CCOCC2)CCOCC1. The number of nitrogens with zero attached hydrogens (tertiary/aromatic N) is 2. The first-order valence-electron chi connectivity index (χ1n) is 8.86. The van der Waals surface area contributed by atoms with E-state index < -0.39 is 0 Å². The van der Waals surface area contributed by atoms with E-state index in [9.17, 15) is 4.79 Å². The second-order valence-electron chi connectivity index (χ2n) is 7.55. The van der Waals surface area contributed by atoms with E-state index in [-0.39, 0.29) is 0 Å². The molecule has 0 radical (unpaired) electrons. The predicted octanol–water partition coefficient (Wildman–Crippen LogP) is 1.07. The van der Waals surface area contributed by atoms with Gasteiger partial charge in [0.05, 0.1) is 53.6 Å². The third kappa shape index (κ3) is 5.95. The molecule has 0 aromatic carbocycles. The largest absolute Gasteiger partial charge is 0.370 e. The van der Waals surface area contributed by atoms with Crippen molar-refractivity contribution < 1.29 is 23.2 Å². The van der Waals surface area contributed by atoms with Crippen LogP contribution in [0.25, 0.3) is 0 Å². The Hall–Kier alpha value is -0.490. The second kappa shape index (κ2) is 8.39. The van der Waals surface area contributed by atoms with Gasteiger partial charge in [0.2, 0.25) is 0 Å². The molecule has 0 atom stereocenters. The van der Waals surface area contributed by atoms with E-state index in [1.807, 2.05) is 0 Å². The van der Waals surface area contributed by atoms with Crippen molar-refractivity contribution in [3.63, 3.8) is 0 Å². The van der Waals surface area contributed by atoms with Crippen molar-refractivity contribution in [2.45, 2.75) is 25.7 Å². The standard InChI is InChI=1S/C17H34N2O3/c1-18(9-13-21-14-10-18)7-3-5-17(20)6-4-8-19(2)11-15-22-16-12-19/h3-16H2,1-2H3/q+2. The number of morpholine rings is 2. The van der Waals surface area contributed by atoms with E-state index in [1.165, 1.54) is 0 Å². The summed E-state index contributed by atoms with van der Waals surface area (Å²) in [6, 6.07) is 0. The minimum atomic E-state index is 0.444. The molecule has 2 rings (SSSR count). The van der Waals surface area contributed by atoms with E-state index in [0.29, 0.717) is 5.78 Å². The van der Waals surface area contributed by atoms with Crippen LogP contribution in [-0.2, 0) is 14.3 Å². The van der Waals surface area contributed by atoms with Gasteiger partial charge in [0.1, 0.15) is 32.0 Å². The quantitative estimate of drug-likeness (QED) is 0.629. The van der Waals surface area contributed by atoms with Gasteiger partial charge in [-0.1, -0.05) is 0 Å². The van der Waals surface area contributed by atoms with Gasteiger partial charge >= 0.3 is 0 Å². The van der Waals surface area contributed by atoms with Crippen LogP contribution in [0.1, 0.15) is 25.7 Å². The molecule has 2 aliphatic heterocycles. The Balaban J connectivity index is 1.56. The van der Waals surface area contributed by atoms with Crippen LogP contribution in [0.5, 0.6) is 0 Å². The molecule has 0 bridgehead atoms. The topological polar surface area (TPSA) is 35.5 Å². The lowest BCUT2D eigenvalue weighted by Gasteiger charge is -2.37. The lowest BCUT2D eigenvalue weighted by molar-refractivity contribution is -0.917. The Morgan fingerprint density at radius 1 is 0.773 bits per heavy atom. The van der Waals surface area contributed by atoms with E-state index in [2.05, 4.69) is 14.1 Å². The first kappa shape index (κ1) is 17.9. The molecular weight excluding hydrogens is 280 g/mol. The number of rotatable bonds is 8. The summed E-state index contributed by atoms with van der Waals surface area (Å²) in [6.07, 6.45) is 3.55. The summed E-state index contributed by atoms with van der Waals surface area (Å²) in [5, 5.41) is 0. The van der Waals surface area contributed by atoms with Gasteiger partial charge in [0, 0.05) is 25.7 Å². The molecule has 22 heavy (non-hydrogen) atoms. The lowest BCUT2D eigenvalue weighted by Crippen LogP contribution is -2.52. The van der Waals surface area contributed by atoms with Crippen LogP contribution in [0.2, 0.25) is 0 Å². The Kier molecular flexibility index (Phi) is 6.81. The number of ketones is 1. The highest BCUT2D eigenvalue weighted by molar-refractivity contribution is 5.78. The van der Waals surface area contributed by atoms with Gasteiger partial charge in [-0.25, -0.2) is 0 Å². The van der Waals surface area contributed by atoms with Crippen LogP contribution in [0, 0.1) is 0 Å². The molecule has 0 aliphatic carbocycles. The molecule has 0 saturated carbocycles. The Morgan fingerprint density at radius 3 is 1.50 bits per heavy atom. The van der Waals surface area contributed by atoms with Crippen molar-refractivity contribution in [1.82, 2.24) is 0 Å². The van der Waals surface area contributed by atoms with E-state index >= 15 is 0 Å². The maximum Gasteiger partial charge on any atom is 0.133 e. The van der Waals surface area contributed by atoms with Crippen molar-refractivity contribution in [3.05, 3.63) is 0 Å². The van der Waals surface area contributed by atoms with E-state index in [1.54, 1.807) is 0 Å². The molecule has 0 amide bonds. The van der Waals surface area contributed by atoms with Gasteiger partial charge in [-0.05, 0) is 0 Å². The number of ether oxygens (including phenoxy) is 2. The zero-order valence-corrected chi connectivity index (χ0v) is 14.5. The number of Topliss-reactive ketones (excluding diaryl/α,β-unsaturated/α-hetero) is 1. The van der Waals surface area contributed by atoms with Gasteiger partial charge < -0.3 is 18.4 Å².